The number of azo groups is 1. The minimum Gasteiger partial charge on any atom is -0.287 e. The molecule has 47 heavy (non-hydrogen) atoms. The van der Waals surface area contributed by atoms with E-state index in [-0.39, 0.29) is 21.0 Å². The molecule has 0 radical (unpaired) electrons. The second-order valence-electron chi connectivity index (χ2n) is 10.1. The van der Waals surface area contributed by atoms with Crippen molar-refractivity contribution in [1.29, 1.82) is 0 Å². The zero-order valence-electron chi connectivity index (χ0n) is 24.3. The fourth-order valence-corrected chi connectivity index (χ4v) is 5.66. The van der Waals surface area contributed by atoms with Gasteiger partial charge in [-0.15, -0.1) is 0 Å². The third-order valence-corrected chi connectivity index (χ3v) is 8.94. The number of hydrogen-bond acceptors (Lipinski definition) is 12. The first-order valence-electron chi connectivity index (χ1n) is 13.4. The highest BCUT2D eigenvalue weighted by Crippen LogP contribution is 2.32. The summed E-state index contributed by atoms with van der Waals surface area (Å²) in [4.78, 5) is 24.9. The number of anilines is 2. The van der Waals surface area contributed by atoms with Crippen molar-refractivity contribution in [3.8, 4) is 0 Å². The highest BCUT2D eigenvalue weighted by atomic mass is 35.5. The average molecular weight is 695 g/mol. The smallest absolute Gasteiger partial charge is 0.287 e. The standard InChI is InChI=1S/C30H23ClN6O8S2/c1-16-12-19(6-9-24(16)33-36-27-15-21(47(43,44)45)14-23(31)17(27)2)32-35-26-10-11-28(38)29(30(26)39)37-34-25-5-3-4-18-13-20(46(40,41)42)7-8-22(18)25/h3-15,32,34H,1-2H3,(H,40,41,42)(H,43,44,45). The van der Waals surface area contributed by atoms with Gasteiger partial charge < -0.3 is 0 Å². The lowest BCUT2D eigenvalue weighted by Gasteiger charge is -2.07. The fraction of sp³-hybridized carbons (Fsp3) is 0.0667. The van der Waals surface area contributed by atoms with Crippen LogP contribution in [0.4, 0.5) is 22.7 Å². The van der Waals surface area contributed by atoms with Crippen LogP contribution < -0.4 is 32.4 Å². The third kappa shape index (κ3) is 7.48. The predicted octanol–water partition coefficient (Wildman–Crippen LogP) is 4.47. The van der Waals surface area contributed by atoms with E-state index in [2.05, 4.69) is 31.3 Å². The Morgan fingerprint density at radius 2 is 1.45 bits per heavy atom. The quantitative estimate of drug-likeness (QED) is 0.101. The summed E-state index contributed by atoms with van der Waals surface area (Å²) < 4.78 is 64.8. The minimum atomic E-state index is -4.51. The maximum Gasteiger partial charge on any atom is 0.294 e. The predicted molar refractivity (Wildman–Crippen MR) is 175 cm³/mol. The maximum atomic E-state index is 13.1. The molecule has 0 heterocycles. The molecule has 0 atom stereocenters. The summed E-state index contributed by atoms with van der Waals surface area (Å²) >= 11 is 6.09. The Morgan fingerprint density at radius 1 is 0.723 bits per heavy atom. The van der Waals surface area contributed by atoms with Crippen molar-refractivity contribution < 1.29 is 25.9 Å². The van der Waals surface area contributed by atoms with E-state index in [1.165, 1.54) is 24.3 Å². The van der Waals surface area contributed by atoms with Crippen LogP contribution in [-0.4, -0.2) is 25.9 Å². The van der Waals surface area contributed by atoms with Crippen molar-refractivity contribution in [1.82, 2.24) is 0 Å². The number of halogens is 1. The van der Waals surface area contributed by atoms with Crippen molar-refractivity contribution in [3.05, 3.63) is 126 Å². The molecule has 14 nitrogen and oxygen atoms in total. The molecule has 0 bridgehead atoms. The molecule has 240 valence electrons. The van der Waals surface area contributed by atoms with Gasteiger partial charge in [0.25, 0.3) is 20.2 Å². The van der Waals surface area contributed by atoms with E-state index in [1.54, 1.807) is 50.2 Å². The highest BCUT2D eigenvalue weighted by molar-refractivity contribution is 7.86. The van der Waals surface area contributed by atoms with Crippen molar-refractivity contribution in [3.63, 3.8) is 0 Å². The molecule has 0 saturated carbocycles. The lowest BCUT2D eigenvalue weighted by Crippen LogP contribution is -2.47. The fourth-order valence-electron chi connectivity index (χ4n) is 4.33. The number of nitrogens with zero attached hydrogens (tertiary/aromatic N) is 4. The van der Waals surface area contributed by atoms with E-state index in [9.17, 15) is 35.5 Å². The van der Waals surface area contributed by atoms with Crippen LogP contribution in [0, 0.1) is 13.8 Å². The summed E-state index contributed by atoms with van der Waals surface area (Å²) in [5, 5.41) is 16.9. The van der Waals surface area contributed by atoms with Gasteiger partial charge in [0.1, 0.15) is 5.36 Å². The highest BCUT2D eigenvalue weighted by Gasteiger charge is 2.15. The normalized spacial score (nSPS) is 13.0. The van der Waals surface area contributed by atoms with Crippen molar-refractivity contribution in [2.24, 2.45) is 20.4 Å². The average Bonchev–Trinajstić information content (AvgIpc) is 3.00. The summed E-state index contributed by atoms with van der Waals surface area (Å²) in [5.74, 6) is 0. The second kappa shape index (κ2) is 12.9. The molecule has 0 aliphatic heterocycles. The molecule has 0 aliphatic rings. The Bertz CT molecular complexity index is 2570. The molecule has 0 spiro atoms. The Kier molecular flexibility index (Phi) is 9.15. The van der Waals surface area contributed by atoms with Crippen LogP contribution in [0.5, 0.6) is 0 Å². The molecule has 17 heteroatoms. The van der Waals surface area contributed by atoms with Gasteiger partial charge in [-0.25, -0.2) is 0 Å². The summed E-state index contributed by atoms with van der Waals surface area (Å²) in [6.45, 7) is 3.36. The molecule has 0 unspecified atom stereocenters. The zero-order chi connectivity index (χ0) is 34.1. The molecular weight excluding hydrogens is 672 g/mol. The molecule has 0 fully saturated rings. The summed E-state index contributed by atoms with van der Waals surface area (Å²) in [7, 11) is -8.92. The summed E-state index contributed by atoms with van der Waals surface area (Å²) in [6, 6.07) is 18.3. The monoisotopic (exact) mass is 694 g/mol. The van der Waals surface area contributed by atoms with E-state index in [1.807, 2.05) is 0 Å². The van der Waals surface area contributed by atoms with Gasteiger partial charge in [0, 0.05) is 10.4 Å². The van der Waals surface area contributed by atoms with Gasteiger partial charge in [-0.1, -0.05) is 29.8 Å². The number of nitrogens with one attached hydrogen (secondary N) is 2. The van der Waals surface area contributed by atoms with Crippen LogP contribution in [0.2, 0.25) is 5.02 Å². The lowest BCUT2D eigenvalue weighted by molar-refractivity contribution is 0.481. The number of hydrogen-bond donors (Lipinski definition) is 4. The second-order valence-corrected chi connectivity index (χ2v) is 13.3. The van der Waals surface area contributed by atoms with E-state index in [0.29, 0.717) is 39.0 Å². The van der Waals surface area contributed by atoms with Crippen LogP contribution in [-0.2, 0) is 20.2 Å². The largest absolute Gasteiger partial charge is 0.294 e. The Morgan fingerprint density at radius 3 is 2.15 bits per heavy atom. The first kappa shape index (κ1) is 33.2. The van der Waals surface area contributed by atoms with Crippen LogP contribution in [0.1, 0.15) is 11.1 Å². The maximum absolute atomic E-state index is 13.1. The van der Waals surface area contributed by atoms with Gasteiger partial charge in [-0.3, -0.25) is 29.5 Å². The van der Waals surface area contributed by atoms with Crippen LogP contribution in [0.25, 0.3) is 10.8 Å². The number of fused-ring (bicyclic) bond motifs is 1. The van der Waals surface area contributed by atoms with Crippen LogP contribution in [0.15, 0.2) is 119 Å². The molecule has 4 N–H and O–H groups in total. The van der Waals surface area contributed by atoms with Crippen LogP contribution >= 0.6 is 11.6 Å². The van der Waals surface area contributed by atoms with Crippen molar-refractivity contribution in [2.45, 2.75) is 23.6 Å². The minimum absolute atomic E-state index is 0.0897. The topological polar surface area (TPSA) is 216 Å². The van der Waals surface area contributed by atoms with Gasteiger partial charge in [0.15, 0.2) is 5.36 Å². The zero-order valence-corrected chi connectivity index (χ0v) is 26.7. The van der Waals surface area contributed by atoms with E-state index in [4.69, 9.17) is 11.6 Å². The van der Waals surface area contributed by atoms with Crippen LogP contribution in [0.3, 0.4) is 0 Å². The summed E-state index contributed by atoms with van der Waals surface area (Å²) in [6.07, 6.45) is 0. The number of benzene rings is 5. The van der Waals surface area contributed by atoms with Gasteiger partial charge in [-0.05, 0) is 91.0 Å². The molecule has 5 aromatic carbocycles. The Balaban J connectivity index is 1.39. The number of rotatable bonds is 8. The molecule has 0 aliphatic carbocycles. The molecule has 0 aromatic heterocycles. The number of aryl methyl sites for hydroxylation is 1. The molecular formula is C30H23ClN6O8S2. The molecule has 0 amide bonds. The first-order valence-corrected chi connectivity index (χ1v) is 16.6. The lowest BCUT2D eigenvalue weighted by atomic mass is 10.1. The molecule has 0 saturated heterocycles. The van der Waals surface area contributed by atoms with E-state index < -0.39 is 41.3 Å². The van der Waals surface area contributed by atoms with E-state index >= 15 is 0 Å². The van der Waals surface area contributed by atoms with Crippen molar-refractivity contribution >= 4 is 65.4 Å². The SMILES string of the molecule is Cc1cc(NN=c2ccc(=O)c(=NNc3cccc4cc(S(=O)(=O)O)ccc34)c2=O)ccc1N=Nc1cc(S(=O)(=O)O)cc(Cl)c1C. The Hall–Kier alpha value is -5.13. The molecule has 5 aromatic rings. The van der Waals surface area contributed by atoms with Gasteiger partial charge in [0.2, 0.25) is 10.9 Å². The Labute approximate surface area is 271 Å². The summed E-state index contributed by atoms with van der Waals surface area (Å²) in [5.41, 5.74) is 6.55. The van der Waals surface area contributed by atoms with Gasteiger partial charge >= 0.3 is 0 Å². The third-order valence-electron chi connectivity index (χ3n) is 6.87. The van der Waals surface area contributed by atoms with Gasteiger partial charge in [-0.2, -0.15) is 37.3 Å². The first-order chi connectivity index (χ1) is 22.1. The van der Waals surface area contributed by atoms with Gasteiger partial charge in [0.05, 0.1) is 32.5 Å². The van der Waals surface area contributed by atoms with E-state index in [0.717, 1.165) is 18.2 Å². The molecule has 5 rings (SSSR count). The van der Waals surface area contributed by atoms with Crippen molar-refractivity contribution in [2.75, 3.05) is 10.9 Å².